The van der Waals surface area contributed by atoms with Crippen LogP contribution in [0.2, 0.25) is 5.02 Å². The van der Waals surface area contributed by atoms with E-state index in [4.69, 9.17) is 16.3 Å². The van der Waals surface area contributed by atoms with Crippen molar-refractivity contribution in [3.05, 3.63) is 64.5 Å². The summed E-state index contributed by atoms with van der Waals surface area (Å²) in [7, 11) is 0. The Balaban J connectivity index is 1.62. The van der Waals surface area contributed by atoms with Gasteiger partial charge in [0.1, 0.15) is 5.75 Å². The Labute approximate surface area is 161 Å². The zero-order valence-corrected chi connectivity index (χ0v) is 15.9. The first-order valence-corrected chi connectivity index (χ1v) is 9.67. The Morgan fingerprint density at radius 2 is 1.88 bits per heavy atom. The lowest BCUT2D eigenvalue weighted by molar-refractivity contribution is 0.102. The van der Waals surface area contributed by atoms with Gasteiger partial charge >= 0.3 is 0 Å². The highest BCUT2D eigenvalue weighted by molar-refractivity contribution is 7.14. The van der Waals surface area contributed by atoms with Crippen LogP contribution in [0.3, 0.4) is 0 Å². The molecule has 1 aromatic heterocycles. The maximum absolute atomic E-state index is 12.4. The summed E-state index contributed by atoms with van der Waals surface area (Å²) in [6.07, 6.45) is 2.11. The number of hydrogen-bond acceptors (Lipinski definition) is 4. The number of unbranched alkanes of at least 4 members (excludes halogenated alkanes) is 1. The number of hydrogen-bond donors (Lipinski definition) is 1. The molecule has 1 heterocycles. The third-order valence-electron chi connectivity index (χ3n) is 3.75. The number of nitrogens with one attached hydrogen (secondary N) is 1. The number of carbonyl (C=O) groups excluding carboxylic acids is 1. The Morgan fingerprint density at radius 1 is 1.15 bits per heavy atom. The number of nitrogens with zero attached hydrogens (tertiary/aromatic N) is 1. The quantitative estimate of drug-likeness (QED) is 0.514. The minimum atomic E-state index is -0.192. The van der Waals surface area contributed by atoms with Gasteiger partial charge in [-0.1, -0.05) is 37.1 Å². The number of anilines is 1. The molecule has 4 nitrogen and oxygen atoms in total. The van der Waals surface area contributed by atoms with Crippen LogP contribution in [0.25, 0.3) is 11.3 Å². The van der Waals surface area contributed by atoms with Gasteiger partial charge in [0, 0.05) is 21.5 Å². The van der Waals surface area contributed by atoms with Crippen LogP contribution < -0.4 is 10.1 Å². The fourth-order valence-corrected chi connectivity index (χ4v) is 3.13. The molecule has 0 saturated carbocycles. The highest BCUT2D eigenvalue weighted by Gasteiger charge is 2.10. The highest BCUT2D eigenvalue weighted by Crippen LogP contribution is 2.26. The maximum Gasteiger partial charge on any atom is 0.257 e. The fourth-order valence-electron chi connectivity index (χ4n) is 2.29. The van der Waals surface area contributed by atoms with Crippen LogP contribution in [0.4, 0.5) is 5.13 Å². The molecular formula is C20H19ClN2O2S. The molecule has 0 bridgehead atoms. The molecule has 6 heteroatoms. The summed E-state index contributed by atoms with van der Waals surface area (Å²) in [5.74, 6) is 0.580. The largest absolute Gasteiger partial charge is 0.494 e. The second-order valence-electron chi connectivity index (χ2n) is 5.73. The lowest BCUT2D eigenvalue weighted by atomic mass is 10.2. The number of aromatic nitrogens is 1. The third-order valence-corrected chi connectivity index (χ3v) is 4.76. The van der Waals surface area contributed by atoms with Crippen molar-refractivity contribution in [2.45, 2.75) is 19.8 Å². The smallest absolute Gasteiger partial charge is 0.257 e. The molecule has 1 N–H and O–H groups in total. The van der Waals surface area contributed by atoms with E-state index in [2.05, 4.69) is 17.2 Å². The van der Waals surface area contributed by atoms with Gasteiger partial charge in [0.15, 0.2) is 5.13 Å². The lowest BCUT2D eigenvalue weighted by Gasteiger charge is -2.06. The third kappa shape index (κ3) is 4.84. The fraction of sp³-hybridized carbons (Fsp3) is 0.200. The number of thiazole rings is 1. The minimum Gasteiger partial charge on any atom is -0.494 e. The van der Waals surface area contributed by atoms with Crippen LogP contribution >= 0.6 is 22.9 Å². The molecule has 0 aliphatic heterocycles. The van der Waals surface area contributed by atoms with E-state index >= 15 is 0 Å². The summed E-state index contributed by atoms with van der Waals surface area (Å²) in [6.45, 7) is 2.81. The Hall–Kier alpha value is -2.37. The molecule has 3 rings (SSSR count). The normalized spacial score (nSPS) is 10.5. The molecule has 0 radical (unpaired) electrons. The van der Waals surface area contributed by atoms with Gasteiger partial charge in [-0.15, -0.1) is 11.3 Å². The van der Waals surface area contributed by atoms with Crippen molar-refractivity contribution >= 4 is 34.0 Å². The summed E-state index contributed by atoms with van der Waals surface area (Å²) < 4.78 is 5.61. The Bertz CT molecular complexity index is 860. The summed E-state index contributed by atoms with van der Waals surface area (Å²) >= 11 is 7.29. The molecule has 0 atom stereocenters. The zero-order valence-electron chi connectivity index (χ0n) is 14.4. The molecule has 26 heavy (non-hydrogen) atoms. The molecule has 0 saturated heterocycles. The van der Waals surface area contributed by atoms with E-state index in [1.165, 1.54) is 11.3 Å². The number of amides is 1. The molecule has 2 aromatic carbocycles. The lowest BCUT2D eigenvalue weighted by Crippen LogP contribution is -2.11. The second kappa shape index (κ2) is 8.83. The number of halogens is 1. The van der Waals surface area contributed by atoms with Gasteiger partial charge in [-0.25, -0.2) is 4.98 Å². The Kier molecular flexibility index (Phi) is 6.26. The van der Waals surface area contributed by atoms with Gasteiger partial charge in [0.2, 0.25) is 0 Å². The van der Waals surface area contributed by atoms with Crippen molar-refractivity contribution in [1.29, 1.82) is 0 Å². The molecular weight excluding hydrogens is 368 g/mol. The molecule has 3 aromatic rings. The van der Waals surface area contributed by atoms with Crippen molar-refractivity contribution in [3.8, 4) is 17.0 Å². The number of carbonyl (C=O) groups is 1. The standard InChI is InChI=1S/C20H19ClN2O2S/c1-2-3-12-25-17-10-6-15(7-11-17)19(24)23-20-22-18(13-26-20)14-4-8-16(21)9-5-14/h4-11,13H,2-3,12H2,1H3,(H,22,23,24). The molecule has 0 fully saturated rings. The predicted octanol–water partition coefficient (Wildman–Crippen LogP) is 5.89. The topological polar surface area (TPSA) is 51.2 Å². The Morgan fingerprint density at radius 3 is 2.58 bits per heavy atom. The highest BCUT2D eigenvalue weighted by atomic mass is 35.5. The maximum atomic E-state index is 12.4. The van der Waals surface area contributed by atoms with Crippen LogP contribution in [-0.2, 0) is 0 Å². The molecule has 0 spiro atoms. The van der Waals surface area contributed by atoms with Gasteiger partial charge in [-0.2, -0.15) is 0 Å². The van der Waals surface area contributed by atoms with Crippen LogP contribution in [-0.4, -0.2) is 17.5 Å². The van der Waals surface area contributed by atoms with E-state index in [1.807, 2.05) is 41.8 Å². The minimum absolute atomic E-state index is 0.192. The molecule has 0 aliphatic rings. The van der Waals surface area contributed by atoms with Gasteiger partial charge in [0.25, 0.3) is 5.91 Å². The number of ether oxygens (including phenoxy) is 1. The average molecular weight is 387 g/mol. The van der Waals surface area contributed by atoms with Crippen molar-refractivity contribution < 1.29 is 9.53 Å². The SMILES string of the molecule is CCCCOc1ccc(C(=O)Nc2nc(-c3ccc(Cl)cc3)cs2)cc1. The molecule has 0 unspecified atom stereocenters. The van der Waals surface area contributed by atoms with Gasteiger partial charge in [0.05, 0.1) is 12.3 Å². The van der Waals surface area contributed by atoms with Gasteiger partial charge in [-0.05, 0) is 42.8 Å². The van der Waals surface area contributed by atoms with Gasteiger partial charge in [-0.3, -0.25) is 10.1 Å². The summed E-state index contributed by atoms with van der Waals surface area (Å²) in [5, 5.41) is 5.98. The zero-order chi connectivity index (χ0) is 18.4. The summed E-state index contributed by atoms with van der Waals surface area (Å²) in [6, 6.07) is 14.6. The molecule has 134 valence electrons. The van der Waals surface area contributed by atoms with Crippen molar-refractivity contribution in [3.63, 3.8) is 0 Å². The molecule has 0 aliphatic carbocycles. The van der Waals surface area contributed by atoms with E-state index < -0.39 is 0 Å². The van der Waals surface area contributed by atoms with E-state index in [1.54, 1.807) is 12.1 Å². The van der Waals surface area contributed by atoms with Crippen molar-refractivity contribution in [2.24, 2.45) is 0 Å². The van der Waals surface area contributed by atoms with E-state index in [9.17, 15) is 4.79 Å². The van der Waals surface area contributed by atoms with E-state index in [0.717, 1.165) is 29.8 Å². The van der Waals surface area contributed by atoms with E-state index in [-0.39, 0.29) is 5.91 Å². The number of benzene rings is 2. The predicted molar refractivity (Wildman–Crippen MR) is 107 cm³/mol. The van der Waals surface area contributed by atoms with Crippen LogP contribution in [0.15, 0.2) is 53.9 Å². The number of rotatable bonds is 7. The monoisotopic (exact) mass is 386 g/mol. The van der Waals surface area contributed by atoms with Crippen LogP contribution in [0.1, 0.15) is 30.1 Å². The first kappa shape index (κ1) is 18.4. The second-order valence-corrected chi connectivity index (χ2v) is 7.02. The molecule has 1 amide bonds. The van der Waals surface area contributed by atoms with Crippen molar-refractivity contribution in [2.75, 3.05) is 11.9 Å². The van der Waals surface area contributed by atoms with Crippen molar-refractivity contribution in [1.82, 2.24) is 4.98 Å². The average Bonchev–Trinajstić information content (AvgIpc) is 3.11. The van der Waals surface area contributed by atoms with Crippen LogP contribution in [0, 0.1) is 0 Å². The van der Waals surface area contributed by atoms with Crippen LogP contribution in [0.5, 0.6) is 5.75 Å². The summed E-state index contributed by atoms with van der Waals surface area (Å²) in [4.78, 5) is 16.8. The first-order chi connectivity index (χ1) is 12.7. The van der Waals surface area contributed by atoms with Gasteiger partial charge < -0.3 is 4.74 Å². The first-order valence-electron chi connectivity index (χ1n) is 8.41. The van der Waals surface area contributed by atoms with E-state index in [0.29, 0.717) is 22.3 Å². The summed E-state index contributed by atoms with van der Waals surface area (Å²) in [5.41, 5.74) is 2.33.